The van der Waals surface area contributed by atoms with E-state index in [-0.39, 0.29) is 0 Å². The normalized spacial score (nSPS) is 12.3. The lowest BCUT2D eigenvalue weighted by atomic mass is 10.1. The molecule has 0 aromatic carbocycles. The smallest absolute Gasteiger partial charge is 0.190 e. The molecule has 0 radical (unpaired) electrons. The number of unbranched alkanes of at least 4 members (excludes halogenated alkanes) is 2. The zero-order valence-electron chi connectivity index (χ0n) is 19.0. The van der Waals surface area contributed by atoms with Gasteiger partial charge in [-0.05, 0) is 49.6 Å². The molecule has 32 heavy (non-hydrogen) atoms. The fourth-order valence-corrected chi connectivity index (χ4v) is 4.59. The van der Waals surface area contributed by atoms with E-state index in [2.05, 4.69) is 56.8 Å². The van der Waals surface area contributed by atoms with E-state index in [4.69, 9.17) is 4.98 Å². The third-order valence-corrected chi connectivity index (χ3v) is 6.55. The van der Waals surface area contributed by atoms with Crippen molar-refractivity contribution in [1.29, 1.82) is 0 Å². The van der Waals surface area contributed by atoms with Gasteiger partial charge in [0, 0.05) is 30.0 Å². The van der Waals surface area contributed by atoms with Crippen molar-refractivity contribution in [2.45, 2.75) is 65.5 Å². The van der Waals surface area contributed by atoms with E-state index in [1.54, 1.807) is 6.20 Å². The van der Waals surface area contributed by atoms with Crippen LogP contribution >= 0.6 is 11.3 Å². The number of anilines is 2. The van der Waals surface area contributed by atoms with E-state index in [0.29, 0.717) is 6.04 Å². The zero-order valence-corrected chi connectivity index (χ0v) is 19.8. The van der Waals surface area contributed by atoms with Crippen molar-refractivity contribution in [2.24, 2.45) is 0 Å². The third-order valence-electron chi connectivity index (χ3n) is 5.66. The van der Waals surface area contributed by atoms with Crippen LogP contribution in [0.15, 0.2) is 36.7 Å². The predicted molar refractivity (Wildman–Crippen MR) is 132 cm³/mol. The number of fused-ring (bicyclic) bond motifs is 1. The summed E-state index contributed by atoms with van der Waals surface area (Å²) in [6, 6.07) is 8.71. The van der Waals surface area contributed by atoms with Crippen LogP contribution in [0.3, 0.4) is 0 Å². The Bertz CT molecular complexity index is 1150. The van der Waals surface area contributed by atoms with Crippen molar-refractivity contribution in [3.63, 3.8) is 0 Å². The fraction of sp³-hybridized carbons (Fsp3) is 0.417. The number of aromatic nitrogens is 5. The van der Waals surface area contributed by atoms with Crippen LogP contribution in [0.4, 0.5) is 10.9 Å². The number of H-pyrrole nitrogens is 1. The molecule has 0 fully saturated rings. The Morgan fingerprint density at radius 1 is 1.12 bits per heavy atom. The highest BCUT2D eigenvalue weighted by Crippen LogP contribution is 2.29. The quantitative estimate of drug-likeness (QED) is 0.244. The maximum Gasteiger partial charge on any atom is 0.190 e. The van der Waals surface area contributed by atoms with E-state index in [1.165, 1.54) is 42.6 Å². The van der Waals surface area contributed by atoms with Crippen molar-refractivity contribution in [3.8, 4) is 11.3 Å². The standard InChI is InChI=1S/C24H31N7S/c1-4-6-7-8-18(5-2)26-14-17-11-12-25-22(13-17)30-24-29-21-10-9-20(28-23(21)32-24)19-15-27-31-16(19)3/h9-13,15,18,26H,4-8,14H2,1-3H3,(H,27,31)(H,25,29,30). The van der Waals surface area contributed by atoms with Gasteiger partial charge >= 0.3 is 0 Å². The summed E-state index contributed by atoms with van der Waals surface area (Å²) in [5.41, 5.74) is 5.00. The van der Waals surface area contributed by atoms with Gasteiger partial charge in [-0.2, -0.15) is 5.10 Å². The van der Waals surface area contributed by atoms with Gasteiger partial charge in [0.05, 0.1) is 11.9 Å². The average Bonchev–Trinajstić information content (AvgIpc) is 3.41. The lowest BCUT2D eigenvalue weighted by Gasteiger charge is -2.17. The number of hydrogen-bond acceptors (Lipinski definition) is 7. The van der Waals surface area contributed by atoms with E-state index >= 15 is 0 Å². The van der Waals surface area contributed by atoms with E-state index < -0.39 is 0 Å². The van der Waals surface area contributed by atoms with E-state index in [0.717, 1.165) is 51.2 Å². The van der Waals surface area contributed by atoms with Crippen LogP contribution in [0.2, 0.25) is 0 Å². The van der Waals surface area contributed by atoms with Gasteiger partial charge < -0.3 is 10.6 Å². The number of pyridine rings is 2. The molecule has 4 aromatic heterocycles. The first kappa shape index (κ1) is 22.4. The van der Waals surface area contributed by atoms with Crippen LogP contribution in [0.1, 0.15) is 57.2 Å². The molecule has 8 heteroatoms. The molecule has 7 nitrogen and oxygen atoms in total. The second kappa shape index (κ2) is 10.7. The minimum atomic E-state index is 0.564. The highest BCUT2D eigenvalue weighted by Gasteiger charge is 2.11. The maximum absolute atomic E-state index is 4.77. The minimum absolute atomic E-state index is 0.564. The molecule has 4 heterocycles. The highest BCUT2D eigenvalue weighted by molar-refractivity contribution is 7.21. The highest BCUT2D eigenvalue weighted by atomic mass is 32.1. The third kappa shape index (κ3) is 5.49. The Morgan fingerprint density at radius 3 is 2.81 bits per heavy atom. The number of nitrogens with zero attached hydrogens (tertiary/aromatic N) is 4. The topological polar surface area (TPSA) is 91.4 Å². The van der Waals surface area contributed by atoms with E-state index in [9.17, 15) is 0 Å². The zero-order chi connectivity index (χ0) is 22.3. The maximum atomic E-state index is 4.77. The SMILES string of the molecule is CCCCCC(CC)NCc1ccnc(Nc2nc3ccc(-c4cn[nH]c4C)nc3s2)c1. The van der Waals surface area contributed by atoms with Gasteiger partial charge in [-0.3, -0.25) is 5.10 Å². The van der Waals surface area contributed by atoms with Crippen LogP contribution in [-0.4, -0.2) is 31.2 Å². The number of thiazole rings is 1. The summed E-state index contributed by atoms with van der Waals surface area (Å²) < 4.78 is 0. The van der Waals surface area contributed by atoms with Gasteiger partial charge in [0.25, 0.3) is 0 Å². The summed E-state index contributed by atoms with van der Waals surface area (Å²) in [6.07, 6.45) is 9.91. The van der Waals surface area contributed by atoms with Gasteiger partial charge in [-0.1, -0.05) is 44.4 Å². The molecule has 0 aliphatic rings. The van der Waals surface area contributed by atoms with Gasteiger partial charge in [0.2, 0.25) is 0 Å². The summed E-state index contributed by atoms with van der Waals surface area (Å²) in [5.74, 6) is 0.799. The van der Waals surface area contributed by atoms with Gasteiger partial charge in [0.15, 0.2) is 5.13 Å². The van der Waals surface area contributed by atoms with Gasteiger partial charge in [-0.25, -0.2) is 15.0 Å². The van der Waals surface area contributed by atoms with Gasteiger partial charge in [-0.15, -0.1) is 0 Å². The molecular formula is C24H31N7S. The summed E-state index contributed by atoms with van der Waals surface area (Å²) in [4.78, 5) is 14.8. The average molecular weight is 450 g/mol. The van der Waals surface area contributed by atoms with Crippen molar-refractivity contribution in [1.82, 2.24) is 30.5 Å². The Balaban J connectivity index is 1.42. The molecule has 0 aliphatic carbocycles. The second-order valence-corrected chi connectivity index (χ2v) is 9.08. The predicted octanol–water partition coefficient (Wildman–Crippen LogP) is 5.98. The second-order valence-electron chi connectivity index (χ2n) is 8.10. The molecule has 0 saturated heterocycles. The molecule has 168 valence electrons. The largest absolute Gasteiger partial charge is 0.316 e. The first-order valence-electron chi connectivity index (χ1n) is 11.4. The Labute approximate surface area is 193 Å². The van der Waals surface area contributed by atoms with Crippen molar-refractivity contribution in [2.75, 3.05) is 5.32 Å². The van der Waals surface area contributed by atoms with Crippen LogP contribution < -0.4 is 10.6 Å². The number of aryl methyl sites for hydroxylation is 1. The molecule has 0 amide bonds. The lowest BCUT2D eigenvalue weighted by molar-refractivity contribution is 0.446. The number of rotatable bonds is 11. The summed E-state index contributed by atoms with van der Waals surface area (Å²) in [5, 5.41) is 14.9. The van der Waals surface area contributed by atoms with Crippen LogP contribution in [0, 0.1) is 6.92 Å². The molecule has 4 aromatic rings. The molecule has 0 spiro atoms. The number of hydrogen-bond donors (Lipinski definition) is 3. The van der Waals surface area contributed by atoms with Crippen LogP contribution in [0.25, 0.3) is 21.6 Å². The molecule has 1 atom stereocenters. The van der Waals surface area contributed by atoms with E-state index in [1.807, 2.05) is 25.3 Å². The molecular weight excluding hydrogens is 418 g/mol. The summed E-state index contributed by atoms with van der Waals surface area (Å²) >= 11 is 1.53. The van der Waals surface area contributed by atoms with Crippen molar-refractivity contribution < 1.29 is 0 Å². The summed E-state index contributed by atoms with van der Waals surface area (Å²) in [7, 11) is 0. The first-order valence-corrected chi connectivity index (χ1v) is 12.2. The monoisotopic (exact) mass is 449 g/mol. The Hall–Kier alpha value is -2.84. The number of aromatic amines is 1. The molecule has 0 bridgehead atoms. The molecule has 0 aliphatic heterocycles. The molecule has 0 saturated carbocycles. The fourth-order valence-electron chi connectivity index (χ4n) is 3.75. The minimum Gasteiger partial charge on any atom is -0.316 e. The van der Waals surface area contributed by atoms with Gasteiger partial charge in [0.1, 0.15) is 16.2 Å². The Morgan fingerprint density at radius 2 is 2.03 bits per heavy atom. The van der Waals surface area contributed by atoms with Crippen LogP contribution in [-0.2, 0) is 6.54 Å². The molecule has 1 unspecified atom stereocenters. The van der Waals surface area contributed by atoms with Crippen molar-refractivity contribution in [3.05, 3.63) is 47.9 Å². The first-order chi connectivity index (χ1) is 15.7. The lowest BCUT2D eigenvalue weighted by Crippen LogP contribution is -2.27. The number of nitrogens with one attached hydrogen (secondary N) is 3. The summed E-state index contributed by atoms with van der Waals surface area (Å²) in [6.45, 7) is 7.34. The molecule has 4 rings (SSSR count). The molecule has 3 N–H and O–H groups in total. The Kier molecular flexibility index (Phi) is 7.44. The van der Waals surface area contributed by atoms with Crippen LogP contribution in [0.5, 0.6) is 0 Å². The van der Waals surface area contributed by atoms with Crippen molar-refractivity contribution >= 4 is 32.6 Å².